The lowest BCUT2D eigenvalue weighted by molar-refractivity contribution is -0.117. The third-order valence-corrected chi connectivity index (χ3v) is 5.92. The smallest absolute Gasteiger partial charge is 0.235 e. The molecule has 0 radical (unpaired) electrons. The van der Waals surface area contributed by atoms with Crippen molar-refractivity contribution in [1.29, 1.82) is 0 Å². The molecule has 0 spiro atoms. The van der Waals surface area contributed by atoms with Gasteiger partial charge >= 0.3 is 0 Å². The first-order valence-electron chi connectivity index (χ1n) is 6.66. The molecule has 2 unspecified atom stereocenters. The lowest BCUT2D eigenvalue weighted by Gasteiger charge is -2.19. The van der Waals surface area contributed by atoms with Gasteiger partial charge in [-0.1, -0.05) is 18.2 Å². The molecule has 0 aliphatic heterocycles. The van der Waals surface area contributed by atoms with E-state index in [9.17, 15) is 13.2 Å². The Kier molecular flexibility index (Phi) is 3.59. The molecule has 110 valence electrons. The van der Waals surface area contributed by atoms with Gasteiger partial charge in [-0.2, -0.15) is 0 Å². The molecule has 1 saturated carbocycles. The van der Waals surface area contributed by atoms with Gasteiger partial charge in [0.25, 0.3) is 0 Å². The van der Waals surface area contributed by atoms with Crippen molar-refractivity contribution in [3.05, 3.63) is 42.6 Å². The standard InChI is InChI=1S/C14H14N2O4S/c17-11-7-6-10(8-11)13(14-16-15-9-20-14)21(18,19)12-4-2-1-3-5-12/h1-5,9-10,13H,6-8H2. The number of aromatic nitrogens is 2. The molecular formula is C14H14N2O4S. The number of carbonyl (C=O) groups excluding carboxylic acids is 1. The number of benzene rings is 1. The molecular weight excluding hydrogens is 292 g/mol. The van der Waals surface area contributed by atoms with Gasteiger partial charge in [0.2, 0.25) is 12.3 Å². The monoisotopic (exact) mass is 306 g/mol. The number of ketones is 1. The van der Waals surface area contributed by atoms with Crippen molar-refractivity contribution in [2.45, 2.75) is 29.4 Å². The van der Waals surface area contributed by atoms with E-state index in [0.29, 0.717) is 12.8 Å². The molecule has 1 aliphatic rings. The molecule has 1 aromatic carbocycles. The first-order valence-corrected chi connectivity index (χ1v) is 8.20. The van der Waals surface area contributed by atoms with E-state index in [2.05, 4.69) is 10.2 Å². The predicted molar refractivity (Wildman–Crippen MR) is 73.0 cm³/mol. The Morgan fingerprint density at radius 2 is 2.00 bits per heavy atom. The summed E-state index contributed by atoms with van der Waals surface area (Å²) >= 11 is 0. The lowest BCUT2D eigenvalue weighted by atomic mass is 10.0. The fourth-order valence-electron chi connectivity index (χ4n) is 2.75. The first kappa shape index (κ1) is 13.9. The highest BCUT2D eigenvalue weighted by molar-refractivity contribution is 7.91. The van der Waals surface area contributed by atoms with Crippen LogP contribution in [0.3, 0.4) is 0 Å². The van der Waals surface area contributed by atoms with E-state index >= 15 is 0 Å². The minimum absolute atomic E-state index is 0.0542. The van der Waals surface area contributed by atoms with Crippen LogP contribution < -0.4 is 0 Å². The Labute approximate surface area is 122 Å². The van der Waals surface area contributed by atoms with E-state index in [1.165, 1.54) is 12.1 Å². The zero-order valence-electron chi connectivity index (χ0n) is 11.2. The lowest BCUT2D eigenvalue weighted by Crippen LogP contribution is -2.21. The normalized spacial score (nSPS) is 20.6. The van der Waals surface area contributed by atoms with Crippen LogP contribution in [0.15, 0.2) is 46.0 Å². The molecule has 0 N–H and O–H groups in total. The summed E-state index contributed by atoms with van der Waals surface area (Å²) in [6.45, 7) is 0. The SMILES string of the molecule is O=C1CCC(C(c2nnco2)S(=O)(=O)c2ccccc2)C1. The van der Waals surface area contributed by atoms with Crippen LogP contribution in [0.5, 0.6) is 0 Å². The Hall–Kier alpha value is -2.02. The summed E-state index contributed by atoms with van der Waals surface area (Å²) in [5, 5.41) is 6.38. The highest BCUT2D eigenvalue weighted by Crippen LogP contribution is 2.41. The van der Waals surface area contributed by atoms with Crippen LogP contribution in [-0.4, -0.2) is 24.4 Å². The minimum atomic E-state index is -3.68. The van der Waals surface area contributed by atoms with E-state index in [0.717, 1.165) is 6.39 Å². The van der Waals surface area contributed by atoms with Crippen LogP contribution in [-0.2, 0) is 14.6 Å². The number of sulfone groups is 1. The molecule has 1 aromatic heterocycles. The van der Waals surface area contributed by atoms with Gasteiger partial charge in [0.15, 0.2) is 9.84 Å². The molecule has 2 aromatic rings. The fraction of sp³-hybridized carbons (Fsp3) is 0.357. The first-order chi connectivity index (χ1) is 10.1. The quantitative estimate of drug-likeness (QED) is 0.857. The maximum atomic E-state index is 12.9. The van der Waals surface area contributed by atoms with E-state index in [-0.39, 0.29) is 28.9 Å². The Bertz CT molecular complexity index is 726. The molecule has 0 amide bonds. The number of Topliss-reactive ketones (excluding diaryl/α,β-unsaturated/α-hetero) is 1. The largest absolute Gasteiger partial charge is 0.427 e. The second kappa shape index (κ2) is 5.40. The van der Waals surface area contributed by atoms with E-state index in [1.807, 2.05) is 0 Å². The number of nitrogens with zero attached hydrogens (tertiary/aromatic N) is 2. The van der Waals surface area contributed by atoms with Gasteiger partial charge in [0, 0.05) is 12.8 Å². The maximum absolute atomic E-state index is 12.9. The molecule has 21 heavy (non-hydrogen) atoms. The summed E-state index contributed by atoms with van der Waals surface area (Å²) in [6, 6.07) is 8.15. The second-order valence-electron chi connectivity index (χ2n) is 5.10. The average Bonchev–Trinajstić information content (AvgIpc) is 3.13. The molecule has 0 saturated heterocycles. The summed E-state index contributed by atoms with van der Waals surface area (Å²) in [6.07, 6.45) is 2.27. The van der Waals surface area contributed by atoms with Crippen LogP contribution in [0.4, 0.5) is 0 Å². The third-order valence-electron chi connectivity index (χ3n) is 3.74. The van der Waals surface area contributed by atoms with Crippen LogP contribution in [0.2, 0.25) is 0 Å². The van der Waals surface area contributed by atoms with Gasteiger partial charge in [0.1, 0.15) is 11.0 Å². The average molecular weight is 306 g/mol. The van der Waals surface area contributed by atoms with Crippen molar-refractivity contribution in [2.75, 3.05) is 0 Å². The number of rotatable bonds is 4. The Morgan fingerprint density at radius 3 is 2.57 bits per heavy atom. The van der Waals surface area contributed by atoms with Crippen LogP contribution in [0.1, 0.15) is 30.4 Å². The second-order valence-corrected chi connectivity index (χ2v) is 7.17. The number of carbonyl (C=O) groups is 1. The van der Waals surface area contributed by atoms with Crippen LogP contribution in [0.25, 0.3) is 0 Å². The van der Waals surface area contributed by atoms with Gasteiger partial charge in [-0.05, 0) is 24.5 Å². The molecule has 1 heterocycles. The third kappa shape index (κ3) is 2.61. The van der Waals surface area contributed by atoms with Gasteiger partial charge in [-0.3, -0.25) is 4.79 Å². The Morgan fingerprint density at radius 1 is 1.24 bits per heavy atom. The van der Waals surface area contributed by atoms with Crippen molar-refractivity contribution in [1.82, 2.24) is 10.2 Å². The van der Waals surface area contributed by atoms with Gasteiger partial charge < -0.3 is 4.42 Å². The fourth-order valence-corrected chi connectivity index (χ4v) is 4.69. The van der Waals surface area contributed by atoms with Crippen molar-refractivity contribution in [3.8, 4) is 0 Å². The van der Waals surface area contributed by atoms with E-state index in [1.54, 1.807) is 18.2 Å². The number of hydrogen-bond donors (Lipinski definition) is 0. The van der Waals surface area contributed by atoms with Gasteiger partial charge in [0.05, 0.1) is 4.90 Å². The van der Waals surface area contributed by atoms with Crippen molar-refractivity contribution in [3.63, 3.8) is 0 Å². The molecule has 2 atom stereocenters. The Balaban J connectivity index is 2.05. The highest BCUT2D eigenvalue weighted by Gasteiger charge is 2.42. The molecule has 7 heteroatoms. The molecule has 0 bridgehead atoms. The summed E-state index contributed by atoms with van der Waals surface area (Å²) < 4.78 is 30.9. The van der Waals surface area contributed by atoms with Crippen LogP contribution >= 0.6 is 0 Å². The zero-order valence-corrected chi connectivity index (χ0v) is 12.0. The van der Waals surface area contributed by atoms with Crippen molar-refractivity contribution in [2.24, 2.45) is 5.92 Å². The number of hydrogen-bond acceptors (Lipinski definition) is 6. The summed E-state index contributed by atoms with van der Waals surface area (Å²) in [5.74, 6) is -0.186. The molecule has 1 fully saturated rings. The highest BCUT2D eigenvalue weighted by atomic mass is 32.2. The van der Waals surface area contributed by atoms with Crippen LogP contribution in [0, 0.1) is 5.92 Å². The van der Waals surface area contributed by atoms with Gasteiger partial charge in [-0.15, -0.1) is 10.2 Å². The van der Waals surface area contributed by atoms with Crippen molar-refractivity contribution >= 4 is 15.6 Å². The zero-order chi connectivity index (χ0) is 14.9. The summed E-state index contributed by atoms with van der Waals surface area (Å²) in [5.41, 5.74) is 0. The predicted octanol–water partition coefficient (Wildman–Crippen LogP) is 1.95. The molecule has 6 nitrogen and oxygen atoms in total. The summed E-state index contributed by atoms with van der Waals surface area (Å²) in [7, 11) is -3.68. The topological polar surface area (TPSA) is 90.1 Å². The molecule has 1 aliphatic carbocycles. The maximum Gasteiger partial charge on any atom is 0.235 e. The van der Waals surface area contributed by atoms with E-state index in [4.69, 9.17) is 4.42 Å². The van der Waals surface area contributed by atoms with Gasteiger partial charge in [-0.25, -0.2) is 8.42 Å². The van der Waals surface area contributed by atoms with Crippen molar-refractivity contribution < 1.29 is 17.6 Å². The minimum Gasteiger partial charge on any atom is -0.427 e. The molecule has 3 rings (SSSR count). The summed E-state index contributed by atoms with van der Waals surface area (Å²) in [4.78, 5) is 11.7. The van der Waals surface area contributed by atoms with E-state index < -0.39 is 15.1 Å².